The zero-order valence-electron chi connectivity index (χ0n) is 17.2. The van der Waals surface area contributed by atoms with Gasteiger partial charge in [-0.05, 0) is 29.8 Å². The van der Waals surface area contributed by atoms with Gasteiger partial charge in [0.25, 0.3) is 0 Å². The zero-order valence-corrected chi connectivity index (χ0v) is 18.0. The van der Waals surface area contributed by atoms with E-state index in [1.807, 2.05) is 42.5 Å². The third-order valence-electron chi connectivity index (χ3n) is 4.56. The molecule has 0 aliphatic rings. The number of nitrogens with one attached hydrogen (secondary N) is 2. The third kappa shape index (κ3) is 6.32. The summed E-state index contributed by atoms with van der Waals surface area (Å²) in [5, 5.41) is 8.98. The van der Waals surface area contributed by atoms with Crippen LogP contribution in [0.5, 0.6) is 0 Å². The van der Waals surface area contributed by atoms with Crippen molar-refractivity contribution in [1.82, 2.24) is 10.3 Å². The van der Waals surface area contributed by atoms with Gasteiger partial charge in [0.2, 0.25) is 0 Å². The molecule has 5 nitrogen and oxygen atoms in total. The lowest BCUT2D eigenvalue weighted by Gasteiger charge is -2.20. The number of thiazole rings is 1. The lowest BCUT2D eigenvalue weighted by atomic mass is 10.2. The summed E-state index contributed by atoms with van der Waals surface area (Å²) >= 11 is 1.68. The highest BCUT2D eigenvalue weighted by molar-refractivity contribution is 7.09. The van der Waals surface area contributed by atoms with Gasteiger partial charge in [0.1, 0.15) is 0 Å². The molecule has 0 fully saturated rings. The van der Waals surface area contributed by atoms with Crippen LogP contribution < -0.4 is 15.5 Å². The van der Waals surface area contributed by atoms with E-state index in [0.717, 1.165) is 35.0 Å². The fourth-order valence-corrected chi connectivity index (χ4v) is 3.80. The first kappa shape index (κ1) is 20.9. The highest BCUT2D eigenvalue weighted by Crippen LogP contribution is 2.20. The van der Waals surface area contributed by atoms with Crippen LogP contribution in [0.25, 0.3) is 0 Å². The van der Waals surface area contributed by atoms with Crippen molar-refractivity contribution in [3.8, 4) is 0 Å². The second-order valence-electron chi connectivity index (χ2n) is 7.35. The zero-order chi connectivity index (χ0) is 20.6. The number of rotatable bonds is 8. The van der Waals surface area contributed by atoms with E-state index in [1.54, 1.807) is 11.3 Å². The van der Waals surface area contributed by atoms with Crippen LogP contribution in [0.1, 0.15) is 36.0 Å². The minimum Gasteiger partial charge on any atom is -0.370 e. The molecule has 0 saturated heterocycles. The van der Waals surface area contributed by atoms with Crippen molar-refractivity contribution >= 4 is 28.7 Å². The fourth-order valence-electron chi connectivity index (χ4n) is 2.93. The fraction of sp³-hybridized carbons (Fsp3) is 0.304. The van der Waals surface area contributed by atoms with E-state index in [1.165, 1.54) is 5.56 Å². The number of carbonyl (C=O) groups is 1. The van der Waals surface area contributed by atoms with E-state index in [0.29, 0.717) is 12.5 Å². The molecule has 0 radical (unpaired) electrons. The molecule has 0 atom stereocenters. The average molecular weight is 409 g/mol. The maximum atomic E-state index is 12.1. The highest BCUT2D eigenvalue weighted by Gasteiger charge is 2.07. The molecule has 29 heavy (non-hydrogen) atoms. The van der Waals surface area contributed by atoms with Crippen LogP contribution in [0.2, 0.25) is 0 Å². The van der Waals surface area contributed by atoms with Gasteiger partial charge in [0.15, 0.2) is 0 Å². The van der Waals surface area contributed by atoms with E-state index < -0.39 is 0 Å². The Morgan fingerprint density at radius 3 is 2.48 bits per heavy atom. The Balaban J connectivity index is 1.44. The minimum absolute atomic E-state index is 0.199. The normalized spacial score (nSPS) is 10.8. The maximum absolute atomic E-state index is 12.1. The van der Waals surface area contributed by atoms with Crippen molar-refractivity contribution in [3.63, 3.8) is 0 Å². The molecule has 0 bridgehead atoms. The number of hydrogen-bond acceptors (Lipinski definition) is 4. The summed E-state index contributed by atoms with van der Waals surface area (Å²) in [4.78, 5) is 18.9. The molecule has 1 heterocycles. The standard InChI is InChI=1S/C23H28N4OS/c1-17(2)22-25-20(16-29-22)13-14-24-23(28)26-19-9-11-21(12-10-19)27(3)15-18-7-5-4-6-8-18/h4-12,16-17H,13-15H2,1-3H3,(H2,24,26,28). The summed E-state index contributed by atoms with van der Waals surface area (Å²) in [6.45, 7) is 5.67. The molecular formula is C23H28N4OS. The topological polar surface area (TPSA) is 57.3 Å². The SMILES string of the molecule is CC(C)c1nc(CCNC(=O)Nc2ccc(N(C)Cc3ccccc3)cc2)cs1. The van der Waals surface area contributed by atoms with E-state index in [-0.39, 0.29) is 6.03 Å². The van der Waals surface area contributed by atoms with Crippen LogP contribution in [-0.4, -0.2) is 24.6 Å². The van der Waals surface area contributed by atoms with E-state index >= 15 is 0 Å². The van der Waals surface area contributed by atoms with Gasteiger partial charge in [0.05, 0.1) is 10.7 Å². The van der Waals surface area contributed by atoms with Crippen molar-refractivity contribution in [2.24, 2.45) is 0 Å². The average Bonchev–Trinajstić information content (AvgIpc) is 3.18. The molecule has 2 aromatic carbocycles. The molecule has 3 rings (SSSR count). The van der Waals surface area contributed by atoms with Gasteiger partial charge < -0.3 is 15.5 Å². The Hall–Kier alpha value is -2.86. The smallest absolute Gasteiger partial charge is 0.319 e. The number of aromatic nitrogens is 1. The van der Waals surface area contributed by atoms with Gasteiger partial charge >= 0.3 is 6.03 Å². The second kappa shape index (κ2) is 10.1. The van der Waals surface area contributed by atoms with Crippen LogP contribution in [0.3, 0.4) is 0 Å². The Morgan fingerprint density at radius 2 is 1.83 bits per heavy atom. The quantitative estimate of drug-likeness (QED) is 0.534. The molecule has 0 aliphatic carbocycles. The predicted octanol–water partition coefficient (Wildman–Crippen LogP) is 5.27. The van der Waals surface area contributed by atoms with Crippen LogP contribution in [0, 0.1) is 0 Å². The van der Waals surface area contributed by atoms with Crippen molar-refractivity contribution < 1.29 is 4.79 Å². The van der Waals surface area contributed by atoms with Gasteiger partial charge in [-0.3, -0.25) is 0 Å². The van der Waals surface area contributed by atoms with Gasteiger partial charge in [0, 0.05) is 49.2 Å². The summed E-state index contributed by atoms with van der Waals surface area (Å²) in [5.41, 5.74) is 4.17. The number of nitrogens with zero attached hydrogens (tertiary/aromatic N) is 2. The Bertz CT molecular complexity index is 906. The summed E-state index contributed by atoms with van der Waals surface area (Å²) in [6.07, 6.45) is 0.736. The molecule has 1 aromatic heterocycles. The molecule has 0 aliphatic heterocycles. The van der Waals surface area contributed by atoms with Crippen LogP contribution in [-0.2, 0) is 13.0 Å². The molecule has 2 N–H and O–H groups in total. The number of anilines is 2. The molecule has 0 spiro atoms. The molecule has 0 saturated carbocycles. The predicted molar refractivity (Wildman–Crippen MR) is 122 cm³/mol. The number of benzene rings is 2. The summed E-state index contributed by atoms with van der Waals surface area (Å²) in [7, 11) is 2.06. The highest BCUT2D eigenvalue weighted by atomic mass is 32.1. The molecule has 3 aromatic rings. The van der Waals surface area contributed by atoms with Crippen LogP contribution in [0.4, 0.5) is 16.2 Å². The number of amides is 2. The Labute approximate surface area is 176 Å². The van der Waals surface area contributed by atoms with E-state index in [2.05, 4.69) is 58.9 Å². The first-order valence-electron chi connectivity index (χ1n) is 9.85. The lowest BCUT2D eigenvalue weighted by Crippen LogP contribution is -2.30. The van der Waals surface area contributed by atoms with E-state index in [9.17, 15) is 4.79 Å². The van der Waals surface area contributed by atoms with Gasteiger partial charge in [-0.15, -0.1) is 11.3 Å². The van der Waals surface area contributed by atoms with Gasteiger partial charge in [-0.25, -0.2) is 9.78 Å². The Morgan fingerprint density at radius 1 is 1.10 bits per heavy atom. The Kier molecular flexibility index (Phi) is 7.25. The second-order valence-corrected chi connectivity index (χ2v) is 8.24. The maximum Gasteiger partial charge on any atom is 0.319 e. The monoisotopic (exact) mass is 408 g/mol. The first-order valence-corrected chi connectivity index (χ1v) is 10.7. The van der Waals surface area contributed by atoms with Crippen molar-refractivity contribution in [2.45, 2.75) is 32.7 Å². The number of urea groups is 1. The van der Waals surface area contributed by atoms with Crippen molar-refractivity contribution in [2.75, 3.05) is 23.8 Å². The van der Waals surface area contributed by atoms with Gasteiger partial charge in [-0.2, -0.15) is 0 Å². The number of carbonyl (C=O) groups excluding carboxylic acids is 1. The first-order chi connectivity index (χ1) is 14.0. The van der Waals surface area contributed by atoms with E-state index in [4.69, 9.17) is 0 Å². The summed E-state index contributed by atoms with van der Waals surface area (Å²) in [6, 6.07) is 18.0. The third-order valence-corrected chi connectivity index (χ3v) is 5.75. The lowest BCUT2D eigenvalue weighted by molar-refractivity contribution is 0.252. The van der Waals surface area contributed by atoms with Gasteiger partial charge in [-0.1, -0.05) is 44.2 Å². The number of hydrogen-bond donors (Lipinski definition) is 2. The van der Waals surface area contributed by atoms with Crippen LogP contribution in [0.15, 0.2) is 60.0 Å². The largest absolute Gasteiger partial charge is 0.370 e. The summed E-state index contributed by atoms with van der Waals surface area (Å²) in [5.74, 6) is 0.444. The summed E-state index contributed by atoms with van der Waals surface area (Å²) < 4.78 is 0. The molecule has 6 heteroatoms. The molecule has 152 valence electrons. The molecule has 2 amide bonds. The van der Waals surface area contributed by atoms with Crippen LogP contribution >= 0.6 is 11.3 Å². The van der Waals surface area contributed by atoms with Crippen molar-refractivity contribution in [1.29, 1.82) is 0 Å². The molecular weight excluding hydrogens is 380 g/mol. The minimum atomic E-state index is -0.199. The van der Waals surface area contributed by atoms with Crippen molar-refractivity contribution in [3.05, 3.63) is 76.2 Å². The molecule has 0 unspecified atom stereocenters.